The molecule has 1 aromatic rings. The molecular formula is C15H19N2O5+. The number of allylic oxidation sites excluding steroid dienone is 1. The fourth-order valence-corrected chi connectivity index (χ4v) is 1.60. The van der Waals surface area contributed by atoms with E-state index < -0.39 is 5.97 Å². The van der Waals surface area contributed by atoms with Crippen LogP contribution in [0.1, 0.15) is 20.8 Å². The Hall–Kier alpha value is -2.70. The summed E-state index contributed by atoms with van der Waals surface area (Å²) in [7, 11) is 0. The van der Waals surface area contributed by atoms with Crippen LogP contribution in [-0.4, -0.2) is 34.8 Å². The maximum Gasteiger partial charge on any atom is 0.344 e. The van der Waals surface area contributed by atoms with E-state index in [1.807, 2.05) is 0 Å². The van der Waals surface area contributed by atoms with E-state index in [1.165, 1.54) is 18.2 Å². The van der Waals surface area contributed by atoms with Gasteiger partial charge < -0.3 is 9.47 Å². The molecular weight excluding hydrogens is 288 g/mol. The van der Waals surface area contributed by atoms with E-state index in [-0.39, 0.29) is 30.3 Å². The van der Waals surface area contributed by atoms with Crippen LogP contribution in [-0.2, 0) is 9.53 Å². The first-order chi connectivity index (χ1) is 10.4. The fourth-order valence-electron chi connectivity index (χ4n) is 1.60. The number of esters is 1. The van der Waals surface area contributed by atoms with Gasteiger partial charge in [-0.05, 0) is 31.2 Å². The van der Waals surface area contributed by atoms with Crippen LogP contribution in [0.2, 0.25) is 0 Å². The van der Waals surface area contributed by atoms with Gasteiger partial charge in [-0.25, -0.2) is 4.79 Å². The number of carbonyl (C=O) groups excluding carboxylic acids is 1. The number of para-hydroxylation sites is 1. The maximum atomic E-state index is 11.4. The molecule has 0 atom stereocenters. The van der Waals surface area contributed by atoms with Gasteiger partial charge in [-0.1, -0.05) is 12.6 Å². The highest BCUT2D eigenvalue weighted by Gasteiger charge is 2.26. The molecule has 0 saturated carbocycles. The molecule has 0 aliphatic heterocycles. The highest BCUT2D eigenvalue weighted by Crippen LogP contribution is 2.36. The molecule has 0 amide bonds. The summed E-state index contributed by atoms with van der Waals surface area (Å²) in [4.78, 5) is 22.3. The van der Waals surface area contributed by atoms with Gasteiger partial charge in [0.1, 0.15) is 0 Å². The Morgan fingerprint density at radius 1 is 1.41 bits per heavy atom. The van der Waals surface area contributed by atoms with Crippen LogP contribution < -0.4 is 4.74 Å². The summed E-state index contributed by atoms with van der Waals surface area (Å²) in [6.45, 7) is 8.62. The Labute approximate surface area is 128 Å². The van der Waals surface area contributed by atoms with Crippen LogP contribution >= 0.6 is 0 Å². The molecule has 0 saturated heterocycles. The number of benzene rings is 1. The average molecular weight is 307 g/mol. The third-order valence-electron chi connectivity index (χ3n) is 2.87. The zero-order valence-electron chi connectivity index (χ0n) is 12.8. The summed E-state index contributed by atoms with van der Waals surface area (Å²) in [6, 6.07) is 4.47. The lowest BCUT2D eigenvalue weighted by Crippen LogP contribution is -2.16. The molecule has 22 heavy (non-hydrogen) atoms. The van der Waals surface area contributed by atoms with Crippen molar-refractivity contribution in [3.8, 4) is 5.75 Å². The van der Waals surface area contributed by atoms with Crippen molar-refractivity contribution in [3.63, 3.8) is 0 Å². The van der Waals surface area contributed by atoms with E-state index in [9.17, 15) is 14.9 Å². The molecule has 0 bridgehead atoms. The van der Waals surface area contributed by atoms with Gasteiger partial charge in [0.15, 0.2) is 18.0 Å². The summed E-state index contributed by atoms with van der Waals surface area (Å²) in [5.74, 6) is -0.420. The summed E-state index contributed by atoms with van der Waals surface area (Å²) in [5, 5.41) is 13.1. The highest BCUT2D eigenvalue weighted by atomic mass is 16.6. The van der Waals surface area contributed by atoms with Crippen molar-refractivity contribution in [3.05, 3.63) is 35.3 Å². The molecule has 118 valence electrons. The first kappa shape index (κ1) is 17.4. The van der Waals surface area contributed by atoms with Crippen molar-refractivity contribution in [1.29, 1.82) is 0 Å². The van der Waals surface area contributed by atoms with Crippen molar-refractivity contribution in [2.45, 2.75) is 20.8 Å². The SMILES string of the molecule is C=C(C)/C(C)=[N+](/O)c1c(N=O)cccc1OCC(=O)OCC. The minimum absolute atomic E-state index is 0.0236. The van der Waals surface area contributed by atoms with Gasteiger partial charge in [0.2, 0.25) is 5.71 Å². The van der Waals surface area contributed by atoms with E-state index in [4.69, 9.17) is 9.47 Å². The largest absolute Gasteiger partial charge is 0.475 e. The molecule has 0 spiro atoms. The van der Waals surface area contributed by atoms with Crippen LogP contribution in [0.3, 0.4) is 0 Å². The Balaban J connectivity index is 3.24. The Bertz CT molecular complexity index is 622. The topological polar surface area (TPSA) is 88.2 Å². The number of hydrogen-bond donors (Lipinski definition) is 1. The van der Waals surface area contributed by atoms with Gasteiger partial charge >= 0.3 is 11.7 Å². The number of nitrogens with zero attached hydrogens (tertiary/aromatic N) is 2. The third kappa shape index (κ3) is 4.15. The molecule has 1 N–H and O–H groups in total. The van der Waals surface area contributed by atoms with E-state index in [2.05, 4.69) is 11.8 Å². The van der Waals surface area contributed by atoms with E-state index in [0.717, 1.165) is 4.74 Å². The zero-order valence-corrected chi connectivity index (χ0v) is 12.8. The molecule has 0 aliphatic carbocycles. The van der Waals surface area contributed by atoms with Crippen LogP contribution in [0.4, 0.5) is 11.4 Å². The number of rotatable bonds is 7. The molecule has 0 fully saturated rings. The van der Waals surface area contributed by atoms with Gasteiger partial charge in [0.25, 0.3) is 0 Å². The Morgan fingerprint density at radius 3 is 2.64 bits per heavy atom. The summed E-state index contributed by atoms with van der Waals surface area (Å²) in [6.07, 6.45) is 0. The number of nitroso groups, excluding NO2 is 1. The molecule has 1 aromatic carbocycles. The monoisotopic (exact) mass is 307 g/mol. The predicted molar refractivity (Wildman–Crippen MR) is 81.2 cm³/mol. The molecule has 0 unspecified atom stereocenters. The third-order valence-corrected chi connectivity index (χ3v) is 2.87. The van der Waals surface area contributed by atoms with Crippen LogP contribution in [0.25, 0.3) is 0 Å². The number of carbonyl (C=O) groups is 1. The number of hydrogen-bond acceptors (Lipinski definition) is 6. The highest BCUT2D eigenvalue weighted by molar-refractivity contribution is 5.94. The van der Waals surface area contributed by atoms with Crippen LogP contribution in [0, 0.1) is 4.91 Å². The molecule has 7 heteroatoms. The minimum atomic E-state index is -0.553. The molecule has 7 nitrogen and oxygen atoms in total. The van der Waals surface area contributed by atoms with Gasteiger partial charge in [-0.2, -0.15) is 0 Å². The van der Waals surface area contributed by atoms with Gasteiger partial charge in [-0.3, -0.25) is 5.21 Å². The Morgan fingerprint density at radius 2 is 2.09 bits per heavy atom. The van der Waals surface area contributed by atoms with Crippen molar-refractivity contribution >= 4 is 23.1 Å². The van der Waals surface area contributed by atoms with E-state index in [0.29, 0.717) is 11.3 Å². The average Bonchev–Trinajstić information content (AvgIpc) is 2.51. The molecule has 0 heterocycles. The van der Waals surface area contributed by atoms with Gasteiger partial charge in [0, 0.05) is 17.2 Å². The summed E-state index contributed by atoms with van der Waals surface area (Å²) in [5.41, 5.74) is 1.03. The normalized spacial score (nSPS) is 11.4. The van der Waals surface area contributed by atoms with Crippen molar-refractivity contribution in [2.24, 2.45) is 5.18 Å². The van der Waals surface area contributed by atoms with Gasteiger partial charge in [0.05, 0.1) is 6.61 Å². The first-order valence-electron chi connectivity index (χ1n) is 6.65. The molecule has 1 rings (SSSR count). The van der Waals surface area contributed by atoms with Crippen LogP contribution in [0.5, 0.6) is 5.75 Å². The lowest BCUT2D eigenvalue weighted by Gasteiger charge is -2.08. The minimum Gasteiger partial charge on any atom is -0.475 e. The lowest BCUT2D eigenvalue weighted by molar-refractivity contribution is -0.712. The first-order valence-corrected chi connectivity index (χ1v) is 6.65. The van der Waals surface area contributed by atoms with Crippen LogP contribution in [0.15, 0.2) is 35.5 Å². The van der Waals surface area contributed by atoms with Crippen molar-refractivity contribution in [1.82, 2.24) is 0 Å². The second-order valence-corrected chi connectivity index (χ2v) is 4.49. The smallest absolute Gasteiger partial charge is 0.344 e. The van der Waals surface area contributed by atoms with Gasteiger partial charge in [-0.15, -0.1) is 4.91 Å². The maximum absolute atomic E-state index is 11.4. The van der Waals surface area contributed by atoms with E-state index in [1.54, 1.807) is 20.8 Å². The predicted octanol–water partition coefficient (Wildman–Crippen LogP) is 3.10. The van der Waals surface area contributed by atoms with Crippen molar-refractivity contribution < 1.29 is 24.2 Å². The standard InChI is InChI=1S/C15H19N2O5/c1-5-21-14(18)9-22-13-8-6-7-12(16-19)15(13)17(20)11(4)10(2)3/h6-8,20H,2,5,9H2,1,3-4H3/q+1/b17-11+. The second kappa shape index (κ2) is 7.92. The van der Waals surface area contributed by atoms with E-state index >= 15 is 0 Å². The summed E-state index contributed by atoms with van der Waals surface area (Å²) >= 11 is 0. The number of ether oxygens (including phenoxy) is 2. The summed E-state index contributed by atoms with van der Waals surface area (Å²) < 4.78 is 10.9. The fraction of sp³-hybridized carbons (Fsp3) is 0.333. The molecule has 0 aromatic heterocycles. The second-order valence-electron chi connectivity index (χ2n) is 4.49. The molecule has 0 radical (unpaired) electrons. The quantitative estimate of drug-likeness (QED) is 0.209. The Kier molecular flexibility index (Phi) is 6.25. The zero-order chi connectivity index (χ0) is 16.7. The lowest BCUT2D eigenvalue weighted by atomic mass is 10.2. The molecule has 0 aliphatic rings. The van der Waals surface area contributed by atoms with Crippen molar-refractivity contribution in [2.75, 3.05) is 13.2 Å².